The fraction of sp³-hybridized carbons (Fsp3) is 0.538. The molecule has 106 valence electrons. The van der Waals surface area contributed by atoms with E-state index in [-0.39, 0.29) is 11.4 Å². The molecular weight excluding hydrogens is 314 g/mol. The lowest BCUT2D eigenvalue weighted by molar-refractivity contribution is -0.386. The Morgan fingerprint density at radius 3 is 2.68 bits per heavy atom. The monoisotopic (exact) mass is 331 g/mol. The van der Waals surface area contributed by atoms with E-state index in [9.17, 15) is 15.2 Å². The van der Waals surface area contributed by atoms with E-state index >= 15 is 0 Å². The molecule has 0 saturated heterocycles. The van der Waals surface area contributed by atoms with Crippen LogP contribution in [0.4, 0.5) is 5.69 Å². The van der Waals surface area contributed by atoms with Gasteiger partial charge in [0.25, 0.3) is 0 Å². The first kappa shape index (κ1) is 15.9. The molecule has 1 aromatic carbocycles. The second-order valence-corrected chi connectivity index (χ2v) is 5.25. The number of aliphatic hydroxyl groups is 1. The van der Waals surface area contributed by atoms with Crippen molar-refractivity contribution in [3.05, 3.63) is 32.3 Å². The minimum atomic E-state index is -0.822. The summed E-state index contributed by atoms with van der Waals surface area (Å²) in [6.45, 7) is 4.05. The maximum Gasteiger partial charge on any atom is 0.312 e. The number of hydrogen-bond acceptors (Lipinski definition) is 4. The summed E-state index contributed by atoms with van der Waals surface area (Å²) >= 11 is 3.21. The fourth-order valence-corrected chi connectivity index (χ4v) is 2.19. The standard InChI is InChI=1S/C13H18BrNO4/c1-3-4-5-6-19-13-11(9(2)16)7-10(14)8-12(13)15(17)18/h7-9,16H,3-6H2,1-2H3/t9-/m1/s1. The Morgan fingerprint density at radius 1 is 1.47 bits per heavy atom. The third-order valence-electron chi connectivity index (χ3n) is 2.70. The van der Waals surface area contributed by atoms with Crippen molar-refractivity contribution >= 4 is 21.6 Å². The molecule has 1 N–H and O–H groups in total. The second kappa shape index (κ2) is 7.45. The van der Waals surface area contributed by atoms with Gasteiger partial charge < -0.3 is 9.84 Å². The van der Waals surface area contributed by atoms with Crippen molar-refractivity contribution in [2.24, 2.45) is 0 Å². The van der Waals surface area contributed by atoms with Crippen LogP contribution in [0.15, 0.2) is 16.6 Å². The van der Waals surface area contributed by atoms with Gasteiger partial charge in [0.2, 0.25) is 5.75 Å². The molecule has 0 amide bonds. The number of nitro groups is 1. The molecule has 0 spiro atoms. The van der Waals surface area contributed by atoms with E-state index in [1.54, 1.807) is 13.0 Å². The van der Waals surface area contributed by atoms with Crippen LogP contribution in [0.3, 0.4) is 0 Å². The summed E-state index contributed by atoms with van der Waals surface area (Å²) in [4.78, 5) is 10.6. The summed E-state index contributed by atoms with van der Waals surface area (Å²) in [5.41, 5.74) is 0.305. The zero-order chi connectivity index (χ0) is 14.4. The van der Waals surface area contributed by atoms with Gasteiger partial charge in [-0.1, -0.05) is 35.7 Å². The van der Waals surface area contributed by atoms with Gasteiger partial charge in [-0.15, -0.1) is 0 Å². The third kappa shape index (κ3) is 4.47. The highest BCUT2D eigenvalue weighted by Crippen LogP contribution is 2.37. The molecule has 1 atom stereocenters. The Bertz CT molecular complexity index is 449. The largest absolute Gasteiger partial charge is 0.487 e. The maximum absolute atomic E-state index is 11.1. The van der Waals surface area contributed by atoms with Crippen LogP contribution in [0.25, 0.3) is 0 Å². The lowest BCUT2D eigenvalue weighted by Crippen LogP contribution is -2.05. The number of unbranched alkanes of at least 4 members (excludes halogenated alkanes) is 2. The van der Waals surface area contributed by atoms with Crippen molar-refractivity contribution in [3.8, 4) is 5.75 Å². The molecule has 0 unspecified atom stereocenters. The lowest BCUT2D eigenvalue weighted by Gasteiger charge is -2.14. The van der Waals surface area contributed by atoms with E-state index in [1.807, 2.05) is 0 Å². The Labute approximate surface area is 120 Å². The molecule has 6 heteroatoms. The van der Waals surface area contributed by atoms with Crippen LogP contribution in [-0.4, -0.2) is 16.6 Å². The molecule has 0 radical (unpaired) electrons. The topological polar surface area (TPSA) is 72.6 Å². The van der Waals surface area contributed by atoms with Crippen molar-refractivity contribution in [1.29, 1.82) is 0 Å². The van der Waals surface area contributed by atoms with Gasteiger partial charge in [-0.25, -0.2) is 0 Å². The van der Waals surface area contributed by atoms with Crippen molar-refractivity contribution in [2.75, 3.05) is 6.61 Å². The molecule has 0 aromatic heterocycles. The van der Waals surface area contributed by atoms with Crippen molar-refractivity contribution < 1.29 is 14.8 Å². The summed E-state index contributed by atoms with van der Waals surface area (Å²) in [5, 5.41) is 20.8. The molecular formula is C13H18BrNO4. The highest BCUT2D eigenvalue weighted by atomic mass is 79.9. The quantitative estimate of drug-likeness (QED) is 0.466. The normalized spacial score (nSPS) is 12.2. The van der Waals surface area contributed by atoms with Crippen LogP contribution in [-0.2, 0) is 0 Å². The molecule has 0 saturated carbocycles. The first-order valence-corrected chi connectivity index (χ1v) is 7.05. The molecule has 19 heavy (non-hydrogen) atoms. The highest BCUT2D eigenvalue weighted by molar-refractivity contribution is 9.10. The van der Waals surface area contributed by atoms with E-state index in [4.69, 9.17) is 4.74 Å². The molecule has 0 fully saturated rings. The molecule has 1 aromatic rings. The van der Waals surface area contributed by atoms with Gasteiger partial charge >= 0.3 is 5.69 Å². The molecule has 0 aliphatic rings. The number of benzene rings is 1. The van der Waals surface area contributed by atoms with Gasteiger partial charge in [0.1, 0.15) is 0 Å². The van der Waals surface area contributed by atoms with Gasteiger partial charge in [-0.05, 0) is 19.4 Å². The fourth-order valence-electron chi connectivity index (χ4n) is 1.73. The van der Waals surface area contributed by atoms with Crippen LogP contribution in [0.5, 0.6) is 5.75 Å². The molecule has 0 aliphatic carbocycles. The SMILES string of the molecule is CCCCCOc1c([C@@H](C)O)cc(Br)cc1[N+](=O)[O-]. The zero-order valence-corrected chi connectivity index (χ0v) is 12.6. The van der Waals surface area contributed by atoms with E-state index in [0.717, 1.165) is 19.3 Å². The van der Waals surface area contributed by atoms with Crippen LogP contribution < -0.4 is 4.74 Å². The summed E-state index contributed by atoms with van der Waals surface area (Å²) in [7, 11) is 0. The number of ether oxygens (including phenoxy) is 1. The van der Waals surface area contributed by atoms with Crippen LogP contribution in [0.1, 0.15) is 44.8 Å². The van der Waals surface area contributed by atoms with E-state index in [2.05, 4.69) is 22.9 Å². The van der Waals surface area contributed by atoms with Crippen LogP contribution in [0, 0.1) is 10.1 Å². The van der Waals surface area contributed by atoms with Gasteiger partial charge in [-0.3, -0.25) is 10.1 Å². The van der Waals surface area contributed by atoms with E-state index in [1.165, 1.54) is 6.07 Å². The Hall–Kier alpha value is -1.14. The first-order valence-electron chi connectivity index (χ1n) is 6.26. The summed E-state index contributed by atoms with van der Waals surface area (Å²) in [5.74, 6) is 0.166. The number of nitro benzene ring substituents is 1. The number of halogens is 1. The smallest absolute Gasteiger partial charge is 0.312 e. The van der Waals surface area contributed by atoms with Gasteiger partial charge in [0.05, 0.1) is 17.6 Å². The Balaban J connectivity index is 3.05. The molecule has 5 nitrogen and oxygen atoms in total. The van der Waals surface area contributed by atoms with Crippen molar-refractivity contribution in [1.82, 2.24) is 0 Å². The molecule has 0 bridgehead atoms. The van der Waals surface area contributed by atoms with Crippen molar-refractivity contribution in [2.45, 2.75) is 39.2 Å². The zero-order valence-electron chi connectivity index (χ0n) is 11.1. The molecule has 0 heterocycles. The minimum Gasteiger partial charge on any atom is -0.487 e. The van der Waals surface area contributed by atoms with Gasteiger partial charge in [0, 0.05) is 16.1 Å². The average molecular weight is 332 g/mol. The highest BCUT2D eigenvalue weighted by Gasteiger charge is 2.23. The predicted octanol–water partition coefficient (Wildman–Crippen LogP) is 3.98. The molecule has 0 aliphatic heterocycles. The number of aliphatic hydroxyl groups excluding tert-OH is 1. The van der Waals surface area contributed by atoms with Crippen LogP contribution in [0.2, 0.25) is 0 Å². The average Bonchev–Trinajstić information content (AvgIpc) is 2.34. The summed E-state index contributed by atoms with van der Waals surface area (Å²) in [6.07, 6.45) is 2.07. The minimum absolute atomic E-state index is 0.123. The number of nitrogens with zero attached hydrogens (tertiary/aromatic N) is 1. The van der Waals surface area contributed by atoms with Crippen LogP contribution >= 0.6 is 15.9 Å². The van der Waals surface area contributed by atoms with E-state index in [0.29, 0.717) is 16.6 Å². The van der Waals surface area contributed by atoms with Gasteiger partial charge in [0.15, 0.2) is 0 Å². The Kier molecular flexibility index (Phi) is 6.24. The second-order valence-electron chi connectivity index (χ2n) is 4.33. The lowest BCUT2D eigenvalue weighted by atomic mass is 10.1. The first-order chi connectivity index (χ1) is 8.97. The molecule has 1 rings (SSSR count). The number of hydrogen-bond donors (Lipinski definition) is 1. The maximum atomic E-state index is 11.1. The summed E-state index contributed by atoms with van der Waals surface area (Å²) < 4.78 is 6.08. The van der Waals surface area contributed by atoms with E-state index < -0.39 is 11.0 Å². The van der Waals surface area contributed by atoms with Gasteiger partial charge in [-0.2, -0.15) is 0 Å². The number of rotatable bonds is 7. The third-order valence-corrected chi connectivity index (χ3v) is 3.16. The predicted molar refractivity (Wildman–Crippen MR) is 76.5 cm³/mol. The summed E-state index contributed by atoms with van der Waals surface area (Å²) in [6, 6.07) is 3.04. The Morgan fingerprint density at radius 2 is 2.16 bits per heavy atom. The van der Waals surface area contributed by atoms with Crippen molar-refractivity contribution in [3.63, 3.8) is 0 Å².